The minimum Gasteiger partial charge on any atom is -0.335 e. The highest BCUT2D eigenvalue weighted by Gasteiger charge is 2.14. The Bertz CT molecular complexity index is 244. The van der Waals surface area contributed by atoms with Crippen LogP contribution in [-0.4, -0.2) is 48.9 Å². The summed E-state index contributed by atoms with van der Waals surface area (Å²) in [4.78, 5) is 24.4. The van der Waals surface area contributed by atoms with Crippen LogP contribution in [0.3, 0.4) is 0 Å². The Hall–Kier alpha value is -0.810. The molecule has 0 saturated carbocycles. The van der Waals surface area contributed by atoms with E-state index in [4.69, 9.17) is 11.6 Å². The molecule has 3 amide bonds. The average molecular weight is 250 g/mol. The van der Waals surface area contributed by atoms with Crippen molar-refractivity contribution >= 4 is 23.5 Å². The van der Waals surface area contributed by atoms with Gasteiger partial charge in [-0.1, -0.05) is 0 Å². The molecule has 0 aliphatic carbocycles. The van der Waals surface area contributed by atoms with Gasteiger partial charge in [0.25, 0.3) is 0 Å². The van der Waals surface area contributed by atoms with Crippen LogP contribution in [0.4, 0.5) is 4.79 Å². The highest BCUT2D eigenvalue weighted by Crippen LogP contribution is 1.94. The number of carbonyl (C=O) groups excluding carboxylic acids is 2. The Labute approximate surface area is 102 Å². The molecule has 0 rings (SSSR count). The van der Waals surface area contributed by atoms with Crippen molar-refractivity contribution in [2.45, 2.75) is 31.7 Å². The number of hydrogen-bond acceptors (Lipinski definition) is 3. The fourth-order valence-electron chi connectivity index (χ4n) is 0.995. The summed E-state index contributed by atoms with van der Waals surface area (Å²) in [6.07, 6.45) is 0.824. The van der Waals surface area contributed by atoms with Crippen molar-refractivity contribution < 1.29 is 9.59 Å². The number of hydrogen-bond donors (Lipinski definition) is 2. The first-order valence-electron chi connectivity index (χ1n) is 5.23. The second kappa shape index (κ2) is 7.46. The number of imide groups is 1. The van der Waals surface area contributed by atoms with Crippen molar-refractivity contribution in [3.05, 3.63) is 0 Å². The molecule has 0 bridgehead atoms. The van der Waals surface area contributed by atoms with E-state index in [1.165, 1.54) is 6.92 Å². The van der Waals surface area contributed by atoms with Crippen molar-refractivity contribution in [2.75, 3.05) is 20.6 Å². The lowest BCUT2D eigenvalue weighted by Crippen LogP contribution is -2.46. The van der Waals surface area contributed by atoms with E-state index in [1.54, 1.807) is 0 Å². The van der Waals surface area contributed by atoms with Crippen LogP contribution >= 0.6 is 11.6 Å². The number of carbonyl (C=O) groups is 2. The molecule has 2 atom stereocenters. The van der Waals surface area contributed by atoms with Crippen molar-refractivity contribution in [3.63, 3.8) is 0 Å². The monoisotopic (exact) mass is 249 g/mol. The smallest absolute Gasteiger partial charge is 0.321 e. The van der Waals surface area contributed by atoms with Crippen molar-refractivity contribution in [3.8, 4) is 0 Å². The lowest BCUT2D eigenvalue weighted by Gasteiger charge is -2.16. The number of urea groups is 1. The third-order valence-corrected chi connectivity index (χ3v) is 2.18. The highest BCUT2D eigenvalue weighted by molar-refractivity contribution is 6.31. The maximum atomic E-state index is 11.3. The van der Waals surface area contributed by atoms with Gasteiger partial charge < -0.3 is 10.2 Å². The number of alkyl halides is 1. The van der Waals surface area contributed by atoms with E-state index in [0.29, 0.717) is 0 Å². The molecule has 16 heavy (non-hydrogen) atoms. The van der Waals surface area contributed by atoms with Gasteiger partial charge in [-0.2, -0.15) is 0 Å². The summed E-state index contributed by atoms with van der Waals surface area (Å²) >= 11 is 5.51. The molecule has 5 nitrogen and oxygen atoms in total. The second-order valence-corrected chi connectivity index (χ2v) is 4.73. The van der Waals surface area contributed by atoms with Gasteiger partial charge in [-0.3, -0.25) is 10.1 Å². The van der Waals surface area contributed by atoms with Crippen LogP contribution in [0.25, 0.3) is 0 Å². The third kappa shape index (κ3) is 7.48. The van der Waals surface area contributed by atoms with Gasteiger partial charge in [0, 0.05) is 6.04 Å². The van der Waals surface area contributed by atoms with Crippen LogP contribution in [-0.2, 0) is 4.79 Å². The van der Waals surface area contributed by atoms with Crippen molar-refractivity contribution in [2.24, 2.45) is 0 Å². The normalized spacial score (nSPS) is 14.4. The minimum absolute atomic E-state index is 0.0147. The molecular weight excluding hydrogens is 230 g/mol. The fraction of sp³-hybridized carbons (Fsp3) is 0.800. The van der Waals surface area contributed by atoms with E-state index in [-0.39, 0.29) is 6.04 Å². The van der Waals surface area contributed by atoms with Crippen LogP contribution in [0.15, 0.2) is 0 Å². The Morgan fingerprint density at radius 2 is 1.88 bits per heavy atom. The first-order valence-corrected chi connectivity index (χ1v) is 5.66. The maximum absolute atomic E-state index is 11.3. The molecule has 0 aromatic carbocycles. The first kappa shape index (κ1) is 15.2. The zero-order valence-electron chi connectivity index (χ0n) is 10.2. The summed E-state index contributed by atoms with van der Waals surface area (Å²) in [6.45, 7) is 4.28. The van der Waals surface area contributed by atoms with Gasteiger partial charge in [-0.15, -0.1) is 11.6 Å². The molecule has 0 radical (unpaired) electrons. The molecule has 0 spiro atoms. The van der Waals surface area contributed by atoms with Gasteiger partial charge in [-0.05, 0) is 40.9 Å². The van der Waals surface area contributed by atoms with E-state index in [2.05, 4.69) is 10.6 Å². The van der Waals surface area contributed by atoms with Gasteiger partial charge in [0.05, 0.1) is 0 Å². The maximum Gasteiger partial charge on any atom is 0.321 e. The number of rotatable bonds is 5. The second-order valence-electron chi connectivity index (χ2n) is 4.07. The van der Waals surface area contributed by atoms with E-state index in [0.717, 1.165) is 13.0 Å². The molecule has 0 saturated heterocycles. The van der Waals surface area contributed by atoms with Gasteiger partial charge in [0.2, 0.25) is 5.91 Å². The first-order chi connectivity index (χ1) is 7.32. The number of nitrogens with zero attached hydrogens (tertiary/aromatic N) is 1. The Kier molecular flexibility index (Phi) is 7.08. The van der Waals surface area contributed by atoms with Crippen LogP contribution in [0.1, 0.15) is 20.3 Å². The Morgan fingerprint density at radius 1 is 1.31 bits per heavy atom. The summed E-state index contributed by atoms with van der Waals surface area (Å²) in [7, 11) is 3.93. The lowest BCUT2D eigenvalue weighted by molar-refractivity contribution is -0.119. The fourth-order valence-corrected chi connectivity index (χ4v) is 1.05. The highest BCUT2D eigenvalue weighted by atomic mass is 35.5. The Morgan fingerprint density at radius 3 is 2.31 bits per heavy atom. The van der Waals surface area contributed by atoms with E-state index >= 15 is 0 Å². The van der Waals surface area contributed by atoms with Crippen LogP contribution < -0.4 is 10.6 Å². The molecule has 2 unspecified atom stereocenters. The standard InChI is InChI=1S/C10H20ClN3O2/c1-7(5-6-14(3)4)12-10(16)13-9(15)8(2)11/h7-8H,5-6H2,1-4H3,(H2,12,13,15,16). The largest absolute Gasteiger partial charge is 0.335 e. The number of amides is 3. The van der Waals surface area contributed by atoms with Crippen molar-refractivity contribution in [1.29, 1.82) is 0 Å². The van der Waals surface area contributed by atoms with E-state index in [9.17, 15) is 9.59 Å². The Balaban J connectivity index is 3.82. The minimum atomic E-state index is -0.706. The van der Waals surface area contributed by atoms with Gasteiger partial charge in [0.1, 0.15) is 5.38 Å². The average Bonchev–Trinajstić information content (AvgIpc) is 2.14. The van der Waals surface area contributed by atoms with Crippen LogP contribution in [0.2, 0.25) is 0 Å². The molecular formula is C10H20ClN3O2. The third-order valence-electron chi connectivity index (χ3n) is 1.98. The topological polar surface area (TPSA) is 61.4 Å². The molecule has 0 aliphatic rings. The molecule has 0 fully saturated rings. The summed E-state index contributed by atoms with van der Waals surface area (Å²) in [5.74, 6) is -0.487. The van der Waals surface area contributed by atoms with Crippen LogP contribution in [0, 0.1) is 0 Å². The molecule has 2 N–H and O–H groups in total. The SMILES string of the molecule is CC(CCN(C)C)NC(=O)NC(=O)C(C)Cl. The summed E-state index contributed by atoms with van der Waals surface area (Å²) in [5, 5.41) is 4.12. The zero-order chi connectivity index (χ0) is 12.7. The predicted molar refractivity (Wildman–Crippen MR) is 64.6 cm³/mol. The summed E-state index contributed by atoms with van der Waals surface area (Å²) < 4.78 is 0. The molecule has 0 heterocycles. The zero-order valence-corrected chi connectivity index (χ0v) is 11.0. The lowest BCUT2D eigenvalue weighted by atomic mass is 10.2. The molecule has 6 heteroatoms. The quantitative estimate of drug-likeness (QED) is 0.708. The summed E-state index contributed by atoms with van der Waals surface area (Å²) in [6, 6.07) is -0.482. The molecule has 94 valence electrons. The van der Waals surface area contributed by atoms with E-state index in [1.807, 2.05) is 25.9 Å². The predicted octanol–water partition coefficient (Wildman–Crippen LogP) is 0.780. The molecule has 0 aromatic rings. The van der Waals surface area contributed by atoms with Crippen molar-refractivity contribution in [1.82, 2.24) is 15.5 Å². The van der Waals surface area contributed by atoms with Gasteiger partial charge >= 0.3 is 6.03 Å². The van der Waals surface area contributed by atoms with E-state index < -0.39 is 17.3 Å². The summed E-state index contributed by atoms with van der Waals surface area (Å²) in [5.41, 5.74) is 0. The van der Waals surface area contributed by atoms with Gasteiger partial charge in [0.15, 0.2) is 0 Å². The van der Waals surface area contributed by atoms with Gasteiger partial charge in [-0.25, -0.2) is 4.79 Å². The number of nitrogens with one attached hydrogen (secondary N) is 2. The van der Waals surface area contributed by atoms with Crippen LogP contribution in [0.5, 0.6) is 0 Å². The molecule has 0 aliphatic heterocycles. The number of halogens is 1. The molecule has 0 aromatic heterocycles.